The van der Waals surface area contributed by atoms with Crippen molar-refractivity contribution in [3.8, 4) is 0 Å². The minimum Gasteiger partial charge on any atom is -0.308 e. The molecule has 0 aliphatic rings. The molecule has 4 nitrogen and oxygen atoms in total. The first-order valence-electron chi connectivity index (χ1n) is 21.6. The fourth-order valence-electron chi connectivity index (χ4n) is 10.6. The van der Waals surface area contributed by atoms with E-state index in [0.717, 1.165) is 33.7 Å². The lowest BCUT2D eigenvalue weighted by atomic mass is 9.84. The molecule has 13 rings (SSSR count). The summed E-state index contributed by atoms with van der Waals surface area (Å²) in [6.45, 7) is 14.0. The van der Waals surface area contributed by atoms with Crippen LogP contribution in [0.25, 0.3) is 98.0 Å². The molecule has 5 aromatic heterocycles. The lowest BCUT2D eigenvalue weighted by molar-refractivity contribution is 0.591. The van der Waals surface area contributed by atoms with Gasteiger partial charge < -0.3 is 9.30 Å². The number of hydrogen-bond acceptors (Lipinski definition) is 2. The SMILES string of the molecule is CC(C)(C)c1cc(N(c2ccccc2)c2ccccc2)c2c(c1)c1cc(C(C)(C)C)cc3c4nc5c(cc4n2c13)c1c2ccccc2cc2c3c4ccccc4ccc3n5c21. The van der Waals surface area contributed by atoms with Gasteiger partial charge in [-0.05, 0) is 110 Å². The highest BCUT2D eigenvalue weighted by atomic mass is 15.2. The highest BCUT2D eigenvalue weighted by Gasteiger charge is 2.30. The van der Waals surface area contributed by atoms with Gasteiger partial charge in [-0.25, -0.2) is 4.98 Å². The maximum absolute atomic E-state index is 5.90. The Balaban J connectivity index is 1.28. The van der Waals surface area contributed by atoms with Crippen molar-refractivity contribution in [2.24, 2.45) is 0 Å². The average molecular weight is 785 g/mol. The van der Waals surface area contributed by atoms with Crippen molar-refractivity contribution in [2.45, 2.75) is 52.4 Å². The Hall–Kier alpha value is -7.17. The van der Waals surface area contributed by atoms with Crippen LogP contribution in [-0.2, 0) is 10.8 Å². The second-order valence-electron chi connectivity index (χ2n) is 19.3. The van der Waals surface area contributed by atoms with Crippen LogP contribution in [0.15, 0.2) is 158 Å². The summed E-state index contributed by atoms with van der Waals surface area (Å²) >= 11 is 0. The van der Waals surface area contributed by atoms with Gasteiger partial charge in [-0.1, -0.05) is 133 Å². The zero-order chi connectivity index (χ0) is 41.1. The van der Waals surface area contributed by atoms with E-state index in [4.69, 9.17) is 4.98 Å². The summed E-state index contributed by atoms with van der Waals surface area (Å²) in [7, 11) is 0. The van der Waals surface area contributed by atoms with E-state index in [-0.39, 0.29) is 10.8 Å². The van der Waals surface area contributed by atoms with Crippen LogP contribution in [0.2, 0.25) is 0 Å². The van der Waals surface area contributed by atoms with E-state index in [9.17, 15) is 0 Å². The Morgan fingerprint density at radius 3 is 1.66 bits per heavy atom. The molecule has 61 heavy (non-hydrogen) atoms. The second kappa shape index (κ2) is 11.8. The Morgan fingerprint density at radius 1 is 0.410 bits per heavy atom. The number of benzene rings is 8. The van der Waals surface area contributed by atoms with Crippen LogP contribution in [0, 0.1) is 0 Å². The fraction of sp³-hybridized carbons (Fsp3) is 0.140. The van der Waals surface area contributed by atoms with Gasteiger partial charge >= 0.3 is 0 Å². The number of hydrogen-bond donors (Lipinski definition) is 0. The molecule has 0 fully saturated rings. The average Bonchev–Trinajstić information content (AvgIpc) is 3.98. The molecule has 0 amide bonds. The highest BCUT2D eigenvalue weighted by Crippen LogP contribution is 2.50. The number of nitrogens with zero attached hydrogens (tertiary/aromatic N) is 4. The minimum atomic E-state index is -0.0907. The topological polar surface area (TPSA) is 25.0 Å². The normalized spacial score (nSPS) is 13.1. The van der Waals surface area contributed by atoms with Crippen molar-refractivity contribution < 1.29 is 0 Å². The maximum atomic E-state index is 5.90. The third kappa shape index (κ3) is 4.62. The molecule has 0 N–H and O–H groups in total. The van der Waals surface area contributed by atoms with Gasteiger partial charge in [-0.2, -0.15) is 0 Å². The lowest BCUT2D eigenvalue weighted by Crippen LogP contribution is -2.15. The summed E-state index contributed by atoms with van der Waals surface area (Å²) in [5.41, 5.74) is 13.9. The van der Waals surface area contributed by atoms with Crippen LogP contribution in [0.1, 0.15) is 52.7 Å². The van der Waals surface area contributed by atoms with Crippen LogP contribution in [0.5, 0.6) is 0 Å². The van der Waals surface area contributed by atoms with Crippen LogP contribution in [0.3, 0.4) is 0 Å². The molecule has 0 atom stereocenters. The zero-order valence-electron chi connectivity index (χ0n) is 35.3. The third-order valence-corrected chi connectivity index (χ3v) is 13.6. The Kier molecular flexibility index (Phi) is 6.69. The number of pyridine rings is 1. The van der Waals surface area contributed by atoms with E-state index >= 15 is 0 Å². The molecule has 13 aromatic rings. The largest absolute Gasteiger partial charge is 0.308 e. The standard InChI is InChI=1S/C57H44N4/c1-56(2,3)35-28-41-42-29-36(57(4,5)6)31-48(59(37-19-9-7-10-20-37)38-21-11-8-12-22-38)53(42)60-47-32-44-50-40-24-16-14-18-34(40)27-43-49-39-23-15-13-17-33(39)25-26-46(49)61(54(43)50)55(44)58-51(47)45(30-35)52(41)60/h7-32H,1-6H3. The Bertz CT molecular complexity index is 3890. The molecule has 0 unspecified atom stereocenters. The monoisotopic (exact) mass is 784 g/mol. The molecule has 0 aliphatic carbocycles. The summed E-state index contributed by atoms with van der Waals surface area (Å²) in [5.74, 6) is 0. The molecular formula is C57H44N4. The van der Waals surface area contributed by atoms with Crippen molar-refractivity contribution in [3.05, 3.63) is 169 Å². The summed E-state index contributed by atoms with van der Waals surface area (Å²) in [6, 6.07) is 58.7. The first-order chi connectivity index (χ1) is 29.5. The van der Waals surface area contributed by atoms with Crippen LogP contribution >= 0.6 is 0 Å². The van der Waals surface area contributed by atoms with Crippen LogP contribution in [0.4, 0.5) is 17.1 Å². The van der Waals surface area contributed by atoms with Crippen molar-refractivity contribution in [2.75, 3.05) is 4.90 Å². The highest BCUT2D eigenvalue weighted by molar-refractivity contribution is 6.35. The molecule has 0 bridgehead atoms. The molecule has 4 heteroatoms. The molecule has 0 spiro atoms. The number of para-hydroxylation sites is 2. The predicted octanol–water partition coefficient (Wildman–Crippen LogP) is 15.8. The fourth-order valence-corrected chi connectivity index (χ4v) is 10.6. The molecule has 0 aliphatic heterocycles. The van der Waals surface area contributed by atoms with E-state index in [1.54, 1.807) is 0 Å². The minimum absolute atomic E-state index is 0.0812. The van der Waals surface area contributed by atoms with Gasteiger partial charge in [0, 0.05) is 49.1 Å². The lowest BCUT2D eigenvalue weighted by Gasteiger charge is -2.29. The van der Waals surface area contributed by atoms with Crippen molar-refractivity contribution >= 4 is 115 Å². The number of anilines is 3. The van der Waals surface area contributed by atoms with Crippen molar-refractivity contribution in [1.82, 2.24) is 13.8 Å². The zero-order valence-corrected chi connectivity index (χ0v) is 35.3. The summed E-state index contributed by atoms with van der Waals surface area (Å²) in [5, 5.41) is 13.8. The van der Waals surface area contributed by atoms with Gasteiger partial charge in [0.2, 0.25) is 0 Å². The maximum Gasteiger partial charge on any atom is 0.146 e. The third-order valence-electron chi connectivity index (χ3n) is 13.6. The molecular weight excluding hydrogens is 741 g/mol. The summed E-state index contributed by atoms with van der Waals surface area (Å²) in [4.78, 5) is 8.36. The molecule has 5 heterocycles. The quantitative estimate of drug-likeness (QED) is 0.178. The van der Waals surface area contributed by atoms with Gasteiger partial charge in [0.05, 0.1) is 38.8 Å². The second-order valence-corrected chi connectivity index (χ2v) is 19.3. The van der Waals surface area contributed by atoms with E-state index in [0.29, 0.717) is 0 Å². The van der Waals surface area contributed by atoms with Crippen molar-refractivity contribution in [3.63, 3.8) is 0 Å². The molecule has 0 radical (unpaired) electrons. The van der Waals surface area contributed by atoms with Gasteiger partial charge in [0.1, 0.15) is 5.65 Å². The van der Waals surface area contributed by atoms with Crippen molar-refractivity contribution in [1.29, 1.82) is 0 Å². The first kappa shape index (κ1) is 34.7. The van der Waals surface area contributed by atoms with E-state index < -0.39 is 0 Å². The van der Waals surface area contributed by atoms with E-state index in [2.05, 4.69) is 213 Å². The van der Waals surface area contributed by atoms with Gasteiger partial charge in [0.25, 0.3) is 0 Å². The van der Waals surface area contributed by atoms with Gasteiger partial charge in [0.15, 0.2) is 0 Å². The molecule has 8 aromatic carbocycles. The number of rotatable bonds is 3. The number of fused-ring (bicyclic) bond motifs is 16. The molecule has 0 saturated carbocycles. The van der Waals surface area contributed by atoms with E-state index in [1.165, 1.54) is 92.4 Å². The molecule has 292 valence electrons. The van der Waals surface area contributed by atoms with Gasteiger partial charge in [-0.3, -0.25) is 4.40 Å². The Labute approximate surface area is 353 Å². The van der Waals surface area contributed by atoms with E-state index in [1.807, 2.05) is 0 Å². The molecule has 0 saturated heterocycles. The van der Waals surface area contributed by atoms with Gasteiger partial charge in [-0.15, -0.1) is 0 Å². The van der Waals surface area contributed by atoms with Crippen LogP contribution in [-0.4, -0.2) is 13.8 Å². The Morgan fingerprint density at radius 2 is 0.984 bits per heavy atom. The summed E-state index contributed by atoms with van der Waals surface area (Å²) < 4.78 is 5.04. The smallest absolute Gasteiger partial charge is 0.146 e. The first-order valence-corrected chi connectivity index (χ1v) is 21.6. The van der Waals surface area contributed by atoms with Crippen LogP contribution < -0.4 is 4.90 Å². The predicted molar refractivity (Wildman–Crippen MR) is 261 cm³/mol. The summed E-state index contributed by atoms with van der Waals surface area (Å²) in [6.07, 6.45) is 0. The number of aromatic nitrogens is 3.